The molecule has 1 heterocycles. The van der Waals surface area contributed by atoms with Crippen molar-refractivity contribution in [1.82, 2.24) is 15.2 Å². The molecular weight excluding hydrogens is 279 g/mol. The van der Waals surface area contributed by atoms with Crippen LogP contribution in [0.2, 0.25) is 0 Å². The van der Waals surface area contributed by atoms with Crippen LogP contribution in [0.1, 0.15) is 25.2 Å². The number of ether oxygens (including phenoxy) is 1. The fourth-order valence-corrected chi connectivity index (χ4v) is 1.77. The minimum Gasteiger partial charge on any atom is -0.423 e. The number of nitro groups is 1. The normalized spacial score (nSPS) is 10.4. The molecule has 0 amide bonds. The lowest BCUT2D eigenvalue weighted by atomic mass is 10.2. The second kappa shape index (κ2) is 6.21. The molecular formula is C13H13FN4O3. The monoisotopic (exact) mass is 292 g/mol. The molecule has 7 nitrogen and oxygen atoms in total. The quantitative estimate of drug-likeness (QED) is 0.621. The Labute approximate surface area is 120 Å². The molecule has 0 aliphatic carbocycles. The zero-order chi connectivity index (χ0) is 15.4. The number of rotatable bonds is 5. The van der Waals surface area contributed by atoms with Crippen LogP contribution >= 0.6 is 0 Å². The molecule has 8 heteroatoms. The first-order chi connectivity index (χ1) is 10.0. The van der Waals surface area contributed by atoms with E-state index in [0.29, 0.717) is 12.8 Å². The van der Waals surface area contributed by atoms with Crippen LogP contribution in [-0.4, -0.2) is 20.1 Å². The number of benzene rings is 1. The number of hydrogen-bond acceptors (Lipinski definition) is 6. The van der Waals surface area contributed by atoms with E-state index in [2.05, 4.69) is 15.2 Å². The Balaban J connectivity index is 2.26. The van der Waals surface area contributed by atoms with E-state index in [1.165, 1.54) is 6.07 Å². The van der Waals surface area contributed by atoms with Gasteiger partial charge < -0.3 is 4.74 Å². The molecule has 0 unspecified atom stereocenters. The molecule has 0 bridgehead atoms. The summed E-state index contributed by atoms with van der Waals surface area (Å²) in [5, 5.41) is 18.3. The smallest absolute Gasteiger partial charge is 0.341 e. The van der Waals surface area contributed by atoms with Gasteiger partial charge in [0.05, 0.1) is 16.3 Å². The second-order valence-electron chi connectivity index (χ2n) is 4.17. The molecule has 0 radical (unpaired) electrons. The third-order valence-electron chi connectivity index (χ3n) is 2.81. The lowest BCUT2D eigenvalue weighted by molar-refractivity contribution is -0.387. The molecule has 0 saturated carbocycles. The number of hydrogen-bond donors (Lipinski definition) is 0. The fourth-order valence-electron chi connectivity index (χ4n) is 1.77. The number of nitro benzene ring substituents is 1. The average molecular weight is 292 g/mol. The maximum absolute atomic E-state index is 13.5. The zero-order valence-corrected chi connectivity index (χ0v) is 11.5. The number of halogens is 1. The van der Waals surface area contributed by atoms with Gasteiger partial charge in [0.1, 0.15) is 5.75 Å². The van der Waals surface area contributed by atoms with Crippen molar-refractivity contribution in [3.8, 4) is 11.8 Å². The molecule has 1 aromatic heterocycles. The SMILES string of the molecule is CCc1nnc(Oc2ccc([N+](=O)[O-])c(F)c2)nc1CC. The average Bonchev–Trinajstić information content (AvgIpc) is 2.46. The van der Waals surface area contributed by atoms with Crippen molar-refractivity contribution < 1.29 is 14.1 Å². The third-order valence-corrected chi connectivity index (χ3v) is 2.81. The first kappa shape index (κ1) is 14.8. The highest BCUT2D eigenvalue weighted by Gasteiger charge is 2.15. The van der Waals surface area contributed by atoms with Gasteiger partial charge in [-0.3, -0.25) is 10.1 Å². The largest absolute Gasteiger partial charge is 0.423 e. The van der Waals surface area contributed by atoms with Gasteiger partial charge in [0.15, 0.2) is 0 Å². The summed E-state index contributed by atoms with van der Waals surface area (Å²) < 4.78 is 18.8. The highest BCUT2D eigenvalue weighted by atomic mass is 19.1. The van der Waals surface area contributed by atoms with Crippen LogP contribution in [-0.2, 0) is 12.8 Å². The van der Waals surface area contributed by atoms with Crippen molar-refractivity contribution in [3.05, 3.63) is 45.5 Å². The number of nitrogens with zero attached hydrogens (tertiary/aromatic N) is 4. The van der Waals surface area contributed by atoms with E-state index in [4.69, 9.17) is 4.74 Å². The van der Waals surface area contributed by atoms with E-state index in [9.17, 15) is 14.5 Å². The predicted molar refractivity (Wildman–Crippen MR) is 71.7 cm³/mol. The van der Waals surface area contributed by atoms with E-state index in [1.54, 1.807) is 0 Å². The molecule has 0 atom stereocenters. The van der Waals surface area contributed by atoms with E-state index in [-0.39, 0.29) is 11.8 Å². The van der Waals surface area contributed by atoms with Crippen LogP contribution in [0.5, 0.6) is 11.8 Å². The predicted octanol–water partition coefficient (Wildman–Crippen LogP) is 2.84. The molecule has 2 aromatic rings. The van der Waals surface area contributed by atoms with Crippen molar-refractivity contribution in [3.63, 3.8) is 0 Å². The maximum Gasteiger partial charge on any atom is 0.341 e. The third kappa shape index (κ3) is 3.28. The molecule has 2 rings (SSSR count). The Morgan fingerprint density at radius 3 is 2.52 bits per heavy atom. The summed E-state index contributed by atoms with van der Waals surface area (Å²) in [4.78, 5) is 13.9. The fraction of sp³-hybridized carbons (Fsp3) is 0.308. The van der Waals surface area contributed by atoms with E-state index < -0.39 is 16.4 Å². The standard InChI is InChI=1S/C13H13FN4O3/c1-3-10-11(4-2)16-17-13(15-10)21-8-5-6-12(18(19)20)9(14)7-8/h5-7H,3-4H2,1-2H3. The van der Waals surface area contributed by atoms with Crippen LogP contribution in [0.25, 0.3) is 0 Å². The van der Waals surface area contributed by atoms with Crippen molar-refractivity contribution in [1.29, 1.82) is 0 Å². The Morgan fingerprint density at radius 2 is 1.95 bits per heavy atom. The summed E-state index contributed by atoms with van der Waals surface area (Å²) in [6, 6.07) is 3.21. The van der Waals surface area contributed by atoms with Crippen molar-refractivity contribution >= 4 is 5.69 Å². The summed E-state index contributed by atoms with van der Waals surface area (Å²) in [6.07, 6.45) is 1.37. The maximum atomic E-state index is 13.5. The minimum absolute atomic E-state index is 0.0164. The first-order valence-electron chi connectivity index (χ1n) is 6.39. The van der Waals surface area contributed by atoms with Crippen molar-refractivity contribution in [2.24, 2.45) is 0 Å². The van der Waals surface area contributed by atoms with Gasteiger partial charge in [-0.05, 0) is 18.9 Å². The minimum atomic E-state index is -0.980. The van der Waals surface area contributed by atoms with Gasteiger partial charge in [0, 0.05) is 12.1 Å². The van der Waals surface area contributed by atoms with Gasteiger partial charge in [0.25, 0.3) is 0 Å². The molecule has 0 aliphatic rings. The lowest BCUT2D eigenvalue weighted by Crippen LogP contribution is -2.04. The van der Waals surface area contributed by atoms with Crippen LogP contribution in [0, 0.1) is 15.9 Å². The van der Waals surface area contributed by atoms with Crippen LogP contribution in [0.4, 0.5) is 10.1 Å². The number of aryl methyl sites for hydroxylation is 2. The summed E-state index contributed by atoms with van der Waals surface area (Å²) in [5.41, 5.74) is 0.918. The molecule has 1 aromatic carbocycles. The molecule has 0 spiro atoms. The molecule has 110 valence electrons. The van der Waals surface area contributed by atoms with Gasteiger partial charge in [0.2, 0.25) is 5.82 Å². The number of aromatic nitrogens is 3. The topological polar surface area (TPSA) is 91.0 Å². The van der Waals surface area contributed by atoms with Crippen molar-refractivity contribution in [2.45, 2.75) is 26.7 Å². The van der Waals surface area contributed by atoms with E-state index in [1.807, 2.05) is 13.8 Å². The summed E-state index contributed by atoms with van der Waals surface area (Å²) in [5.74, 6) is -0.905. The summed E-state index contributed by atoms with van der Waals surface area (Å²) in [6.45, 7) is 3.87. The Kier molecular flexibility index (Phi) is 4.36. The van der Waals surface area contributed by atoms with Crippen LogP contribution in [0.15, 0.2) is 18.2 Å². The second-order valence-corrected chi connectivity index (χ2v) is 4.17. The van der Waals surface area contributed by atoms with E-state index >= 15 is 0 Å². The highest BCUT2D eigenvalue weighted by Crippen LogP contribution is 2.25. The zero-order valence-electron chi connectivity index (χ0n) is 11.5. The van der Waals surface area contributed by atoms with Gasteiger partial charge in [-0.25, -0.2) is 0 Å². The van der Waals surface area contributed by atoms with Gasteiger partial charge in [-0.1, -0.05) is 18.9 Å². The molecule has 0 N–H and O–H groups in total. The van der Waals surface area contributed by atoms with Crippen molar-refractivity contribution in [2.75, 3.05) is 0 Å². The summed E-state index contributed by atoms with van der Waals surface area (Å²) >= 11 is 0. The molecule has 0 saturated heterocycles. The van der Waals surface area contributed by atoms with E-state index in [0.717, 1.165) is 23.5 Å². The molecule has 0 aliphatic heterocycles. The molecule has 0 fully saturated rings. The highest BCUT2D eigenvalue weighted by molar-refractivity contribution is 5.38. The van der Waals surface area contributed by atoms with Crippen LogP contribution in [0.3, 0.4) is 0 Å². The summed E-state index contributed by atoms with van der Waals surface area (Å²) in [7, 11) is 0. The van der Waals surface area contributed by atoms with Crippen LogP contribution < -0.4 is 4.74 Å². The van der Waals surface area contributed by atoms with Gasteiger partial charge in [-0.2, -0.15) is 9.37 Å². The molecule has 21 heavy (non-hydrogen) atoms. The van der Waals surface area contributed by atoms with Gasteiger partial charge >= 0.3 is 11.7 Å². The Hall–Kier alpha value is -2.64. The Morgan fingerprint density at radius 1 is 1.24 bits per heavy atom. The lowest BCUT2D eigenvalue weighted by Gasteiger charge is -2.07. The van der Waals surface area contributed by atoms with Gasteiger partial charge in [-0.15, -0.1) is 5.10 Å². The Bertz CT molecular complexity index is 678. The first-order valence-corrected chi connectivity index (χ1v) is 6.39.